The fourth-order valence-corrected chi connectivity index (χ4v) is 2.27. The standard InChI is InChI=1S/C13H13F3NO/c14-13(15,16)12(18)17-8-6-11(7-9-17)10-4-2-1-3-5-10/h2-5,11H,6-9H2. The molecule has 2 rings (SSSR count). The lowest BCUT2D eigenvalue weighted by Crippen LogP contribution is -2.45. The largest absolute Gasteiger partial charge is 0.471 e. The topological polar surface area (TPSA) is 20.3 Å². The number of rotatable bonds is 1. The third-order valence-electron chi connectivity index (χ3n) is 3.24. The van der Waals surface area contributed by atoms with Crippen LogP contribution >= 0.6 is 0 Å². The molecule has 1 aliphatic rings. The van der Waals surface area contributed by atoms with Crippen molar-refractivity contribution in [1.82, 2.24) is 4.90 Å². The lowest BCUT2D eigenvalue weighted by Gasteiger charge is -2.32. The van der Waals surface area contributed by atoms with E-state index < -0.39 is 12.1 Å². The Labute approximate surface area is 103 Å². The minimum Gasteiger partial charge on any atom is -0.335 e. The van der Waals surface area contributed by atoms with E-state index in [0.717, 1.165) is 10.5 Å². The number of amides is 1. The summed E-state index contributed by atoms with van der Waals surface area (Å²) in [6.45, 7) is 0.337. The van der Waals surface area contributed by atoms with E-state index in [9.17, 15) is 18.0 Å². The van der Waals surface area contributed by atoms with Gasteiger partial charge in [0.2, 0.25) is 0 Å². The van der Waals surface area contributed by atoms with Gasteiger partial charge in [-0.05, 0) is 30.4 Å². The average Bonchev–Trinajstić information content (AvgIpc) is 2.38. The summed E-state index contributed by atoms with van der Waals surface area (Å²) < 4.78 is 36.8. The molecule has 0 aliphatic carbocycles. The first kappa shape index (κ1) is 12.9. The number of carbonyl (C=O) groups excluding carboxylic acids is 1. The molecule has 18 heavy (non-hydrogen) atoms. The van der Waals surface area contributed by atoms with Crippen molar-refractivity contribution in [3.63, 3.8) is 0 Å². The van der Waals surface area contributed by atoms with E-state index >= 15 is 0 Å². The zero-order valence-electron chi connectivity index (χ0n) is 9.70. The monoisotopic (exact) mass is 256 g/mol. The van der Waals surface area contributed by atoms with Crippen LogP contribution in [0.3, 0.4) is 0 Å². The Bertz CT molecular complexity index is 408. The average molecular weight is 256 g/mol. The Morgan fingerprint density at radius 3 is 2.28 bits per heavy atom. The molecular formula is C13H13F3NO. The third-order valence-corrected chi connectivity index (χ3v) is 3.24. The Morgan fingerprint density at radius 2 is 1.78 bits per heavy atom. The van der Waals surface area contributed by atoms with Gasteiger partial charge in [0.1, 0.15) is 0 Å². The quantitative estimate of drug-likeness (QED) is 0.756. The predicted molar refractivity (Wildman–Crippen MR) is 59.9 cm³/mol. The summed E-state index contributed by atoms with van der Waals surface area (Å²) in [5.74, 6) is -1.49. The van der Waals surface area contributed by atoms with Crippen LogP contribution in [0.5, 0.6) is 0 Å². The van der Waals surface area contributed by atoms with E-state index in [1.165, 1.54) is 0 Å². The van der Waals surface area contributed by atoms with Gasteiger partial charge in [0, 0.05) is 13.1 Å². The molecule has 1 saturated heterocycles. The van der Waals surface area contributed by atoms with Gasteiger partial charge in [-0.25, -0.2) is 0 Å². The van der Waals surface area contributed by atoms with Gasteiger partial charge in [-0.3, -0.25) is 4.79 Å². The van der Waals surface area contributed by atoms with Crippen LogP contribution in [0.15, 0.2) is 24.3 Å². The molecule has 1 aromatic carbocycles. The Morgan fingerprint density at radius 1 is 1.22 bits per heavy atom. The predicted octanol–water partition coefficient (Wildman–Crippen LogP) is 2.76. The summed E-state index contributed by atoms with van der Waals surface area (Å²) in [4.78, 5) is 12.0. The maximum absolute atomic E-state index is 12.3. The number of likely N-dealkylation sites (tertiary alicyclic amines) is 1. The minimum atomic E-state index is -4.76. The fraction of sp³-hybridized carbons (Fsp3) is 0.462. The number of alkyl halides is 3. The van der Waals surface area contributed by atoms with Crippen LogP contribution in [0.2, 0.25) is 0 Å². The Balaban J connectivity index is 1.95. The van der Waals surface area contributed by atoms with Crippen molar-refractivity contribution >= 4 is 5.91 Å². The molecule has 0 aromatic heterocycles. The highest BCUT2D eigenvalue weighted by molar-refractivity contribution is 5.81. The summed E-state index contributed by atoms with van der Waals surface area (Å²) in [5, 5.41) is 0. The van der Waals surface area contributed by atoms with Gasteiger partial charge in [0.05, 0.1) is 0 Å². The molecule has 0 atom stereocenters. The summed E-state index contributed by atoms with van der Waals surface area (Å²) in [7, 11) is 0. The van der Waals surface area contributed by atoms with E-state index in [2.05, 4.69) is 6.07 Å². The molecule has 1 radical (unpaired) electrons. The number of hydrogen-bond donors (Lipinski definition) is 0. The van der Waals surface area contributed by atoms with E-state index in [0.29, 0.717) is 12.8 Å². The van der Waals surface area contributed by atoms with Crippen LogP contribution < -0.4 is 0 Å². The van der Waals surface area contributed by atoms with Crippen molar-refractivity contribution < 1.29 is 18.0 Å². The number of piperidine rings is 1. The minimum absolute atomic E-state index is 0.168. The van der Waals surface area contributed by atoms with Crippen molar-refractivity contribution in [2.24, 2.45) is 0 Å². The zero-order valence-corrected chi connectivity index (χ0v) is 9.70. The van der Waals surface area contributed by atoms with Crippen LogP contribution in [0.1, 0.15) is 24.3 Å². The fourth-order valence-electron chi connectivity index (χ4n) is 2.27. The molecule has 1 aliphatic heterocycles. The highest BCUT2D eigenvalue weighted by Crippen LogP contribution is 2.29. The van der Waals surface area contributed by atoms with Gasteiger partial charge in [-0.2, -0.15) is 13.2 Å². The second-order valence-corrected chi connectivity index (χ2v) is 4.40. The molecule has 1 aromatic rings. The SMILES string of the molecule is O=C(N1CCC(c2cc[c]cc2)CC1)C(F)(F)F. The lowest BCUT2D eigenvalue weighted by molar-refractivity contribution is -0.186. The van der Waals surface area contributed by atoms with Gasteiger partial charge in [0.25, 0.3) is 0 Å². The summed E-state index contributed by atoms with van der Waals surface area (Å²) in [5.41, 5.74) is 1.10. The first-order valence-corrected chi connectivity index (χ1v) is 5.80. The van der Waals surface area contributed by atoms with Gasteiger partial charge >= 0.3 is 12.1 Å². The summed E-state index contributed by atoms with van der Waals surface area (Å²) in [6, 6.07) is 10.3. The van der Waals surface area contributed by atoms with E-state index in [1.807, 2.05) is 12.1 Å². The number of carbonyl (C=O) groups is 1. The van der Waals surface area contributed by atoms with Crippen LogP contribution in [-0.2, 0) is 4.79 Å². The third kappa shape index (κ3) is 2.83. The molecule has 5 heteroatoms. The van der Waals surface area contributed by atoms with Crippen molar-refractivity contribution in [3.8, 4) is 0 Å². The first-order valence-electron chi connectivity index (χ1n) is 5.80. The van der Waals surface area contributed by atoms with Crippen LogP contribution in [0.4, 0.5) is 13.2 Å². The first-order chi connectivity index (χ1) is 8.48. The molecule has 1 amide bonds. The molecular weight excluding hydrogens is 243 g/mol. The molecule has 2 nitrogen and oxygen atoms in total. The maximum Gasteiger partial charge on any atom is 0.471 e. The normalized spacial score (nSPS) is 17.8. The van der Waals surface area contributed by atoms with Gasteiger partial charge in [0.15, 0.2) is 0 Å². The van der Waals surface area contributed by atoms with Crippen molar-refractivity contribution in [3.05, 3.63) is 35.9 Å². The van der Waals surface area contributed by atoms with Crippen LogP contribution in [0, 0.1) is 6.07 Å². The Hall–Kier alpha value is -1.52. The molecule has 0 saturated carbocycles. The molecule has 1 heterocycles. The van der Waals surface area contributed by atoms with Crippen LogP contribution in [-0.4, -0.2) is 30.1 Å². The van der Waals surface area contributed by atoms with E-state index in [4.69, 9.17) is 0 Å². The summed E-state index contributed by atoms with van der Waals surface area (Å²) in [6.07, 6.45) is -3.60. The second kappa shape index (κ2) is 5.00. The lowest BCUT2D eigenvalue weighted by atomic mass is 9.89. The van der Waals surface area contributed by atoms with Gasteiger partial charge in [-0.15, -0.1) is 0 Å². The molecule has 0 spiro atoms. The Kier molecular flexibility index (Phi) is 3.59. The van der Waals surface area contributed by atoms with Crippen molar-refractivity contribution in [2.75, 3.05) is 13.1 Å². The van der Waals surface area contributed by atoms with E-state index in [-0.39, 0.29) is 19.0 Å². The molecule has 0 unspecified atom stereocenters. The highest BCUT2D eigenvalue weighted by atomic mass is 19.4. The number of nitrogens with zero attached hydrogens (tertiary/aromatic N) is 1. The summed E-state index contributed by atoms with van der Waals surface area (Å²) >= 11 is 0. The van der Waals surface area contributed by atoms with Crippen molar-refractivity contribution in [2.45, 2.75) is 24.9 Å². The smallest absolute Gasteiger partial charge is 0.335 e. The zero-order chi connectivity index (χ0) is 13.2. The molecule has 0 bridgehead atoms. The molecule has 1 fully saturated rings. The van der Waals surface area contributed by atoms with Gasteiger partial charge < -0.3 is 4.90 Å². The maximum atomic E-state index is 12.3. The number of hydrogen-bond acceptors (Lipinski definition) is 1. The molecule has 0 N–H and O–H groups in total. The highest BCUT2D eigenvalue weighted by Gasteiger charge is 2.43. The van der Waals surface area contributed by atoms with Crippen LogP contribution in [0.25, 0.3) is 0 Å². The number of benzene rings is 1. The second-order valence-electron chi connectivity index (χ2n) is 4.40. The van der Waals surface area contributed by atoms with E-state index in [1.54, 1.807) is 12.1 Å². The molecule has 97 valence electrons. The number of halogens is 3. The van der Waals surface area contributed by atoms with Gasteiger partial charge in [-0.1, -0.05) is 24.3 Å². The van der Waals surface area contributed by atoms with Crippen molar-refractivity contribution in [1.29, 1.82) is 0 Å².